The van der Waals surface area contributed by atoms with Gasteiger partial charge >= 0.3 is 5.97 Å². The lowest BCUT2D eigenvalue weighted by Gasteiger charge is -2.24. The van der Waals surface area contributed by atoms with Gasteiger partial charge in [0, 0.05) is 13.1 Å². The molecule has 1 unspecified atom stereocenters. The number of nitrogens with zero attached hydrogens (tertiary/aromatic N) is 1. The topological polar surface area (TPSA) is 40.5 Å². The minimum absolute atomic E-state index is 0.319. The van der Waals surface area contributed by atoms with E-state index in [1.807, 2.05) is 12.1 Å². The fraction of sp³-hybridized carbons (Fsp3) is 0.562. The first-order chi connectivity index (χ1) is 9.04. The maximum atomic E-state index is 11.0. The summed E-state index contributed by atoms with van der Waals surface area (Å²) < 4.78 is 0. The maximum Gasteiger partial charge on any atom is 0.307 e. The van der Waals surface area contributed by atoms with Crippen LogP contribution in [0.2, 0.25) is 0 Å². The number of carbonyl (C=O) groups is 1. The summed E-state index contributed by atoms with van der Waals surface area (Å²) in [5.41, 5.74) is 2.56. The van der Waals surface area contributed by atoms with E-state index in [1.54, 1.807) is 6.92 Å². The number of rotatable bonds is 8. The Hall–Kier alpha value is -1.35. The Morgan fingerprint density at radius 1 is 1.37 bits per heavy atom. The first kappa shape index (κ1) is 15.7. The second-order valence-corrected chi connectivity index (χ2v) is 5.25. The highest BCUT2D eigenvalue weighted by molar-refractivity contribution is 5.69. The average Bonchev–Trinajstić information content (AvgIpc) is 2.38. The Labute approximate surface area is 116 Å². The van der Waals surface area contributed by atoms with E-state index in [-0.39, 0.29) is 5.92 Å². The molecule has 0 aliphatic heterocycles. The molecule has 0 aromatic heterocycles. The molecule has 0 aliphatic carbocycles. The van der Waals surface area contributed by atoms with Gasteiger partial charge in [-0.05, 0) is 31.0 Å². The van der Waals surface area contributed by atoms with Gasteiger partial charge in [0.1, 0.15) is 0 Å². The highest BCUT2D eigenvalue weighted by Gasteiger charge is 2.16. The largest absolute Gasteiger partial charge is 0.481 e. The van der Waals surface area contributed by atoms with E-state index < -0.39 is 5.97 Å². The monoisotopic (exact) mass is 263 g/mol. The smallest absolute Gasteiger partial charge is 0.307 e. The van der Waals surface area contributed by atoms with Gasteiger partial charge in [-0.2, -0.15) is 0 Å². The molecule has 0 saturated carbocycles. The third-order valence-electron chi connectivity index (χ3n) is 3.44. The molecule has 106 valence electrons. The summed E-state index contributed by atoms with van der Waals surface area (Å²) in [5, 5.41) is 9.05. The number of hydrogen-bond acceptors (Lipinski definition) is 2. The predicted octanol–water partition coefficient (Wildman–Crippen LogP) is 3.32. The number of hydrogen-bond donors (Lipinski definition) is 1. The first-order valence-corrected chi connectivity index (χ1v) is 7.04. The summed E-state index contributed by atoms with van der Waals surface area (Å²) in [6.07, 6.45) is 2.24. The van der Waals surface area contributed by atoms with Crippen molar-refractivity contribution in [3.63, 3.8) is 0 Å². The molecule has 1 rings (SSSR count). The third kappa shape index (κ3) is 5.43. The minimum Gasteiger partial charge on any atom is -0.481 e. The fourth-order valence-electron chi connectivity index (χ4n) is 2.11. The van der Waals surface area contributed by atoms with Gasteiger partial charge in [-0.15, -0.1) is 0 Å². The van der Waals surface area contributed by atoms with Gasteiger partial charge in [0.2, 0.25) is 0 Å². The zero-order chi connectivity index (χ0) is 14.3. The van der Waals surface area contributed by atoms with Crippen molar-refractivity contribution in [2.75, 3.05) is 13.1 Å². The van der Waals surface area contributed by atoms with Gasteiger partial charge in [-0.3, -0.25) is 9.69 Å². The van der Waals surface area contributed by atoms with Gasteiger partial charge in [-0.25, -0.2) is 0 Å². The van der Waals surface area contributed by atoms with Crippen LogP contribution >= 0.6 is 0 Å². The van der Waals surface area contributed by atoms with Crippen molar-refractivity contribution in [1.82, 2.24) is 4.90 Å². The Kier molecular flexibility index (Phi) is 6.57. The van der Waals surface area contributed by atoms with Crippen LogP contribution in [0.4, 0.5) is 0 Å². The molecule has 0 fully saturated rings. The van der Waals surface area contributed by atoms with Crippen LogP contribution in [0.25, 0.3) is 0 Å². The lowest BCUT2D eigenvalue weighted by Crippen LogP contribution is -2.32. The average molecular weight is 263 g/mol. The number of benzene rings is 1. The summed E-state index contributed by atoms with van der Waals surface area (Å²) in [5.74, 6) is -1.04. The van der Waals surface area contributed by atoms with Gasteiger partial charge < -0.3 is 5.11 Å². The second kappa shape index (κ2) is 7.95. The molecule has 19 heavy (non-hydrogen) atoms. The quantitative estimate of drug-likeness (QED) is 0.782. The zero-order valence-electron chi connectivity index (χ0n) is 12.2. The number of carboxylic acid groups (broad SMARTS) is 1. The highest BCUT2D eigenvalue weighted by Crippen LogP contribution is 2.13. The van der Waals surface area contributed by atoms with Crippen molar-refractivity contribution in [3.8, 4) is 0 Å². The molecule has 0 heterocycles. The lowest BCUT2D eigenvalue weighted by molar-refractivity contribution is -0.141. The summed E-state index contributed by atoms with van der Waals surface area (Å²) in [7, 11) is 0. The molecule has 1 N–H and O–H groups in total. The van der Waals surface area contributed by atoms with Crippen molar-refractivity contribution in [3.05, 3.63) is 35.4 Å². The Morgan fingerprint density at radius 2 is 2.05 bits per heavy atom. The molecule has 0 spiro atoms. The fourth-order valence-corrected chi connectivity index (χ4v) is 2.11. The zero-order valence-corrected chi connectivity index (χ0v) is 12.2. The normalized spacial score (nSPS) is 12.6. The van der Waals surface area contributed by atoms with E-state index in [0.717, 1.165) is 25.9 Å². The highest BCUT2D eigenvalue weighted by atomic mass is 16.4. The van der Waals surface area contributed by atoms with Crippen LogP contribution in [0.3, 0.4) is 0 Å². The van der Waals surface area contributed by atoms with Crippen molar-refractivity contribution >= 4 is 5.97 Å². The van der Waals surface area contributed by atoms with Crippen molar-refractivity contribution in [1.29, 1.82) is 0 Å². The molecular formula is C16H25NO2. The molecule has 1 aromatic carbocycles. The summed E-state index contributed by atoms with van der Waals surface area (Å²) >= 11 is 0. The van der Waals surface area contributed by atoms with Crippen molar-refractivity contribution < 1.29 is 9.90 Å². The Bertz CT molecular complexity index is 403. The van der Waals surface area contributed by atoms with Gasteiger partial charge in [-0.1, -0.05) is 44.5 Å². The molecule has 1 aromatic rings. The molecule has 0 bridgehead atoms. The molecule has 3 nitrogen and oxygen atoms in total. The van der Waals surface area contributed by atoms with Crippen LogP contribution in [0.1, 0.15) is 37.8 Å². The van der Waals surface area contributed by atoms with Crippen molar-refractivity contribution in [2.24, 2.45) is 5.92 Å². The Morgan fingerprint density at radius 3 is 2.63 bits per heavy atom. The van der Waals surface area contributed by atoms with Gasteiger partial charge in [0.15, 0.2) is 0 Å². The number of unbranched alkanes of at least 4 members (excludes halogenated alkanes) is 1. The van der Waals surface area contributed by atoms with E-state index in [0.29, 0.717) is 6.54 Å². The number of aryl methyl sites for hydroxylation is 1. The summed E-state index contributed by atoms with van der Waals surface area (Å²) in [4.78, 5) is 13.3. The SMILES string of the molecule is CCCCN(Cc1ccccc1C)CC(C)C(=O)O. The van der Waals surface area contributed by atoms with Crippen LogP contribution in [0, 0.1) is 12.8 Å². The van der Waals surface area contributed by atoms with Crippen LogP contribution in [0.15, 0.2) is 24.3 Å². The van der Waals surface area contributed by atoms with E-state index in [2.05, 4.69) is 30.9 Å². The van der Waals surface area contributed by atoms with Crippen LogP contribution in [0.5, 0.6) is 0 Å². The van der Waals surface area contributed by atoms with E-state index in [4.69, 9.17) is 5.11 Å². The Balaban J connectivity index is 2.68. The minimum atomic E-state index is -0.716. The maximum absolute atomic E-state index is 11.0. The molecule has 0 aliphatic rings. The van der Waals surface area contributed by atoms with Crippen LogP contribution in [-0.2, 0) is 11.3 Å². The molecule has 0 saturated heterocycles. The predicted molar refractivity (Wildman–Crippen MR) is 78.2 cm³/mol. The molecule has 1 atom stereocenters. The van der Waals surface area contributed by atoms with E-state index in [9.17, 15) is 4.79 Å². The number of carboxylic acids is 1. The third-order valence-corrected chi connectivity index (χ3v) is 3.44. The van der Waals surface area contributed by atoms with Gasteiger partial charge in [0.05, 0.1) is 5.92 Å². The standard InChI is InChI=1S/C16H25NO2/c1-4-5-10-17(11-14(3)16(18)19)12-15-9-7-6-8-13(15)2/h6-9,14H,4-5,10-12H2,1-3H3,(H,18,19). The molecule has 0 amide bonds. The number of aliphatic carboxylic acids is 1. The lowest BCUT2D eigenvalue weighted by atomic mass is 10.1. The summed E-state index contributed by atoms with van der Waals surface area (Å²) in [6.45, 7) is 8.45. The summed E-state index contributed by atoms with van der Waals surface area (Å²) in [6, 6.07) is 8.31. The van der Waals surface area contributed by atoms with Crippen LogP contribution in [-0.4, -0.2) is 29.1 Å². The molecular weight excluding hydrogens is 238 g/mol. The van der Waals surface area contributed by atoms with E-state index >= 15 is 0 Å². The van der Waals surface area contributed by atoms with E-state index in [1.165, 1.54) is 11.1 Å². The van der Waals surface area contributed by atoms with Crippen LogP contribution < -0.4 is 0 Å². The molecule has 3 heteroatoms. The van der Waals surface area contributed by atoms with Gasteiger partial charge in [0.25, 0.3) is 0 Å². The van der Waals surface area contributed by atoms with Crippen molar-refractivity contribution in [2.45, 2.75) is 40.2 Å². The first-order valence-electron chi connectivity index (χ1n) is 7.04. The molecule has 0 radical (unpaired) electrons. The second-order valence-electron chi connectivity index (χ2n) is 5.25.